The van der Waals surface area contributed by atoms with Crippen molar-refractivity contribution in [3.8, 4) is 0 Å². The van der Waals surface area contributed by atoms with Gasteiger partial charge in [-0.3, -0.25) is 14.7 Å². The van der Waals surface area contributed by atoms with Crippen molar-refractivity contribution in [2.24, 2.45) is 5.73 Å². The van der Waals surface area contributed by atoms with Gasteiger partial charge in [0.1, 0.15) is 0 Å². The fraction of sp³-hybridized carbons (Fsp3) is 0.625. The Morgan fingerprint density at radius 2 is 2.10 bits per heavy atom. The summed E-state index contributed by atoms with van der Waals surface area (Å²) in [6.45, 7) is 3.91. The molecule has 3 rings (SSSR count). The molecule has 2 aliphatic heterocycles. The van der Waals surface area contributed by atoms with Gasteiger partial charge in [0.15, 0.2) is 0 Å². The van der Waals surface area contributed by atoms with Crippen molar-refractivity contribution in [1.29, 1.82) is 0 Å². The summed E-state index contributed by atoms with van der Waals surface area (Å²) in [6, 6.07) is 4.73. The molecule has 5 nitrogen and oxygen atoms in total. The summed E-state index contributed by atoms with van der Waals surface area (Å²) in [6.07, 6.45) is 7.23. The van der Waals surface area contributed by atoms with Crippen molar-refractivity contribution in [3.63, 3.8) is 0 Å². The van der Waals surface area contributed by atoms with Gasteiger partial charge in [0, 0.05) is 37.6 Å². The van der Waals surface area contributed by atoms with Crippen LogP contribution in [0.5, 0.6) is 0 Å². The van der Waals surface area contributed by atoms with Crippen molar-refractivity contribution in [2.45, 2.75) is 37.8 Å². The smallest absolute Gasteiger partial charge is 0.227 e. The topological polar surface area (TPSA) is 62.5 Å². The Balaban J connectivity index is 1.51. The number of pyridine rings is 1. The highest BCUT2D eigenvalue weighted by atomic mass is 16.2. The van der Waals surface area contributed by atoms with E-state index in [0.29, 0.717) is 18.5 Å². The number of piperidine rings is 1. The Hall–Kier alpha value is -1.46. The summed E-state index contributed by atoms with van der Waals surface area (Å²) in [5.74, 6) is 0.221. The summed E-state index contributed by atoms with van der Waals surface area (Å²) in [5.41, 5.74) is 6.96. The SMILES string of the molecule is NC1CCN(C2CCN(C(=O)Cc3cccnc3)C2)CC1. The van der Waals surface area contributed by atoms with Crippen LogP contribution in [0.15, 0.2) is 24.5 Å². The monoisotopic (exact) mass is 288 g/mol. The van der Waals surface area contributed by atoms with Gasteiger partial charge in [-0.1, -0.05) is 6.07 Å². The Bertz CT molecular complexity index is 470. The molecular formula is C16H24N4O. The van der Waals surface area contributed by atoms with E-state index < -0.39 is 0 Å². The van der Waals surface area contributed by atoms with Crippen LogP contribution in [0.3, 0.4) is 0 Å². The Morgan fingerprint density at radius 1 is 1.29 bits per heavy atom. The lowest BCUT2D eigenvalue weighted by atomic mass is 10.0. The number of rotatable bonds is 3. The van der Waals surface area contributed by atoms with E-state index in [1.165, 1.54) is 0 Å². The second-order valence-corrected chi connectivity index (χ2v) is 6.19. The van der Waals surface area contributed by atoms with E-state index in [0.717, 1.165) is 51.0 Å². The first-order valence-corrected chi connectivity index (χ1v) is 7.88. The van der Waals surface area contributed by atoms with Gasteiger partial charge in [0.25, 0.3) is 0 Å². The normalized spacial score (nSPS) is 24.4. The van der Waals surface area contributed by atoms with Crippen molar-refractivity contribution in [3.05, 3.63) is 30.1 Å². The van der Waals surface area contributed by atoms with Gasteiger partial charge in [0.2, 0.25) is 5.91 Å². The fourth-order valence-electron chi connectivity index (χ4n) is 3.34. The first-order valence-electron chi connectivity index (χ1n) is 7.88. The molecule has 0 radical (unpaired) electrons. The van der Waals surface area contributed by atoms with Crippen LogP contribution in [0.2, 0.25) is 0 Å². The summed E-state index contributed by atoms with van der Waals surface area (Å²) in [5, 5.41) is 0. The zero-order valence-corrected chi connectivity index (χ0v) is 12.4. The zero-order chi connectivity index (χ0) is 14.7. The molecule has 0 spiro atoms. The molecule has 0 saturated carbocycles. The number of carbonyl (C=O) groups excluding carboxylic acids is 1. The van der Waals surface area contributed by atoms with E-state index in [-0.39, 0.29) is 5.91 Å². The predicted molar refractivity (Wildman–Crippen MR) is 81.7 cm³/mol. The number of nitrogens with two attached hydrogens (primary N) is 1. The van der Waals surface area contributed by atoms with E-state index in [9.17, 15) is 4.79 Å². The van der Waals surface area contributed by atoms with Crippen LogP contribution >= 0.6 is 0 Å². The average molecular weight is 288 g/mol. The maximum atomic E-state index is 12.4. The molecule has 1 aromatic heterocycles. The van der Waals surface area contributed by atoms with Gasteiger partial charge in [-0.15, -0.1) is 0 Å². The van der Waals surface area contributed by atoms with Gasteiger partial charge >= 0.3 is 0 Å². The van der Waals surface area contributed by atoms with Gasteiger partial charge in [0.05, 0.1) is 6.42 Å². The van der Waals surface area contributed by atoms with Crippen LogP contribution < -0.4 is 5.73 Å². The molecule has 1 unspecified atom stereocenters. The van der Waals surface area contributed by atoms with Crippen molar-refractivity contribution < 1.29 is 4.79 Å². The van der Waals surface area contributed by atoms with Crippen molar-refractivity contribution in [2.75, 3.05) is 26.2 Å². The number of aromatic nitrogens is 1. The zero-order valence-electron chi connectivity index (χ0n) is 12.4. The third-order valence-corrected chi connectivity index (χ3v) is 4.68. The number of hydrogen-bond acceptors (Lipinski definition) is 4. The van der Waals surface area contributed by atoms with E-state index in [2.05, 4.69) is 9.88 Å². The largest absolute Gasteiger partial charge is 0.341 e. The molecule has 5 heteroatoms. The van der Waals surface area contributed by atoms with Crippen molar-refractivity contribution in [1.82, 2.24) is 14.8 Å². The Morgan fingerprint density at radius 3 is 2.81 bits per heavy atom. The van der Waals surface area contributed by atoms with Crippen molar-refractivity contribution >= 4 is 5.91 Å². The molecule has 2 aliphatic rings. The highest BCUT2D eigenvalue weighted by Crippen LogP contribution is 2.20. The quantitative estimate of drug-likeness (QED) is 0.887. The molecule has 2 fully saturated rings. The minimum Gasteiger partial charge on any atom is -0.341 e. The summed E-state index contributed by atoms with van der Waals surface area (Å²) in [4.78, 5) is 20.9. The fourth-order valence-corrected chi connectivity index (χ4v) is 3.34. The maximum Gasteiger partial charge on any atom is 0.227 e. The predicted octanol–water partition coefficient (Wildman–Crippen LogP) is 0.648. The standard InChI is InChI=1S/C16H24N4O/c17-14-3-7-19(8-4-14)15-5-9-20(12-15)16(21)10-13-2-1-6-18-11-13/h1-2,6,11,14-15H,3-5,7-10,12,17H2. The van der Waals surface area contributed by atoms with Crippen LogP contribution in [0.25, 0.3) is 0 Å². The number of hydrogen-bond donors (Lipinski definition) is 1. The first-order chi connectivity index (χ1) is 10.2. The van der Waals surface area contributed by atoms with Gasteiger partial charge in [-0.2, -0.15) is 0 Å². The number of amides is 1. The molecule has 1 aromatic rings. The second kappa shape index (κ2) is 6.54. The first kappa shape index (κ1) is 14.5. The molecule has 114 valence electrons. The molecule has 1 amide bonds. The van der Waals surface area contributed by atoms with Crippen LogP contribution in [0.4, 0.5) is 0 Å². The average Bonchev–Trinajstić information content (AvgIpc) is 2.99. The summed E-state index contributed by atoms with van der Waals surface area (Å²) >= 11 is 0. The Labute approximate surface area is 126 Å². The molecule has 0 aromatic carbocycles. The maximum absolute atomic E-state index is 12.4. The minimum absolute atomic E-state index is 0.221. The van der Waals surface area contributed by atoms with Crippen LogP contribution in [0.1, 0.15) is 24.8 Å². The van der Waals surface area contributed by atoms with Gasteiger partial charge in [-0.05, 0) is 44.0 Å². The number of carbonyl (C=O) groups is 1. The Kier molecular flexibility index (Phi) is 4.51. The lowest BCUT2D eigenvalue weighted by molar-refractivity contribution is -0.129. The van der Waals surface area contributed by atoms with E-state index in [1.807, 2.05) is 17.0 Å². The molecule has 2 saturated heterocycles. The number of likely N-dealkylation sites (tertiary alicyclic amines) is 2. The summed E-state index contributed by atoms with van der Waals surface area (Å²) in [7, 11) is 0. The molecule has 0 bridgehead atoms. The molecule has 3 heterocycles. The third kappa shape index (κ3) is 3.60. The molecule has 21 heavy (non-hydrogen) atoms. The number of nitrogens with zero attached hydrogens (tertiary/aromatic N) is 3. The van der Waals surface area contributed by atoms with Crippen LogP contribution in [0, 0.1) is 0 Å². The highest BCUT2D eigenvalue weighted by molar-refractivity contribution is 5.79. The van der Waals surface area contributed by atoms with E-state index >= 15 is 0 Å². The van der Waals surface area contributed by atoms with E-state index in [4.69, 9.17) is 5.73 Å². The lowest BCUT2D eigenvalue weighted by Crippen LogP contribution is -2.46. The lowest BCUT2D eigenvalue weighted by Gasteiger charge is -2.34. The summed E-state index contributed by atoms with van der Waals surface area (Å²) < 4.78 is 0. The third-order valence-electron chi connectivity index (χ3n) is 4.68. The molecule has 2 N–H and O–H groups in total. The molecule has 0 aliphatic carbocycles. The van der Waals surface area contributed by atoms with Gasteiger partial charge in [-0.25, -0.2) is 0 Å². The van der Waals surface area contributed by atoms with Gasteiger partial charge < -0.3 is 10.6 Å². The van der Waals surface area contributed by atoms with E-state index in [1.54, 1.807) is 12.4 Å². The second-order valence-electron chi connectivity index (χ2n) is 6.19. The van der Waals surface area contributed by atoms with Crippen LogP contribution in [-0.2, 0) is 11.2 Å². The van der Waals surface area contributed by atoms with Crippen LogP contribution in [-0.4, -0.2) is 59.0 Å². The molecular weight excluding hydrogens is 264 g/mol. The molecule has 1 atom stereocenters. The minimum atomic E-state index is 0.221. The highest BCUT2D eigenvalue weighted by Gasteiger charge is 2.31.